The van der Waals surface area contributed by atoms with E-state index >= 15 is 0 Å². The number of benzene rings is 1. The molecule has 0 amide bonds. The van der Waals surface area contributed by atoms with E-state index in [1.807, 2.05) is 30.3 Å². The van der Waals surface area contributed by atoms with Gasteiger partial charge in [0, 0.05) is 0 Å². The minimum atomic E-state index is -1.05. The fourth-order valence-electron chi connectivity index (χ4n) is 9.44. The molecule has 7 aliphatic rings. The maximum atomic E-state index is 14.2. The zero-order chi connectivity index (χ0) is 21.5. The summed E-state index contributed by atoms with van der Waals surface area (Å²) in [6, 6.07) is 10.1. The molecule has 7 aliphatic carbocycles. The summed E-state index contributed by atoms with van der Waals surface area (Å²) in [6.45, 7) is 6.82. The molecule has 1 unspecified atom stereocenters. The van der Waals surface area contributed by atoms with Gasteiger partial charge in [-0.1, -0.05) is 57.5 Å². The Morgan fingerprint density at radius 2 is 1.84 bits per heavy atom. The Hall–Kier alpha value is -1.35. The van der Waals surface area contributed by atoms with Gasteiger partial charge in [0.05, 0.1) is 0 Å². The maximum Gasteiger partial charge on any atom is 0.316 e. The molecule has 7 saturated carbocycles. The van der Waals surface area contributed by atoms with Gasteiger partial charge in [-0.15, -0.1) is 0 Å². The molecular weight excluding hydrogens is 384 g/mol. The second kappa shape index (κ2) is 6.83. The summed E-state index contributed by atoms with van der Waals surface area (Å²) in [5.41, 5.74) is -0.835. The number of hydrogen-bond acceptors (Lipinski definition) is 3. The molecule has 0 saturated heterocycles. The maximum absolute atomic E-state index is 14.2. The van der Waals surface area contributed by atoms with Crippen LogP contribution in [0.2, 0.25) is 0 Å². The predicted octanol–water partition coefficient (Wildman–Crippen LogP) is 5.56. The quantitative estimate of drug-likeness (QED) is 0.646. The third-order valence-electron chi connectivity index (χ3n) is 10.5. The van der Waals surface area contributed by atoms with Crippen molar-refractivity contribution in [1.82, 2.24) is 0 Å². The van der Waals surface area contributed by atoms with Gasteiger partial charge in [-0.3, -0.25) is 4.79 Å². The van der Waals surface area contributed by atoms with Gasteiger partial charge in [-0.05, 0) is 91.4 Å². The van der Waals surface area contributed by atoms with Crippen LogP contribution in [0, 0.1) is 52.8 Å². The molecule has 8 rings (SSSR count). The Bertz CT molecular complexity index is 852. The fraction of sp³-hybridized carbons (Fsp3) is 0.750. The number of esters is 1. The first kappa shape index (κ1) is 20.3. The van der Waals surface area contributed by atoms with Crippen LogP contribution in [0.1, 0.15) is 71.3 Å². The van der Waals surface area contributed by atoms with E-state index in [4.69, 9.17) is 4.74 Å². The van der Waals surface area contributed by atoms with Crippen LogP contribution < -0.4 is 0 Å². The average Bonchev–Trinajstić information content (AvgIpc) is 2.73. The first-order chi connectivity index (χ1) is 14.9. The summed E-state index contributed by atoms with van der Waals surface area (Å²) >= 11 is 0. The Morgan fingerprint density at radius 3 is 2.55 bits per heavy atom. The van der Waals surface area contributed by atoms with Crippen molar-refractivity contribution in [2.75, 3.05) is 0 Å². The molecule has 1 aromatic rings. The van der Waals surface area contributed by atoms with Crippen molar-refractivity contribution in [3.63, 3.8) is 0 Å². The van der Waals surface area contributed by atoms with Gasteiger partial charge in [-0.2, -0.15) is 0 Å². The number of carbonyl (C=O) groups is 1. The van der Waals surface area contributed by atoms with Gasteiger partial charge in [0.15, 0.2) is 0 Å². The Morgan fingerprint density at radius 1 is 1.06 bits per heavy atom. The van der Waals surface area contributed by atoms with Crippen LogP contribution in [-0.4, -0.2) is 17.2 Å². The third kappa shape index (κ3) is 2.48. The molecule has 3 heteroatoms. The molecule has 7 fully saturated rings. The Kier molecular flexibility index (Phi) is 4.46. The van der Waals surface area contributed by atoms with E-state index in [9.17, 15) is 9.90 Å². The van der Waals surface area contributed by atoms with Gasteiger partial charge in [-0.25, -0.2) is 0 Å². The Balaban J connectivity index is 1.39. The average molecular weight is 423 g/mol. The van der Waals surface area contributed by atoms with Crippen LogP contribution in [0.25, 0.3) is 0 Å². The molecule has 0 heterocycles. The normalized spacial score (nSPS) is 49.7. The van der Waals surface area contributed by atoms with E-state index in [2.05, 4.69) is 20.8 Å². The molecule has 1 N–H and O–H groups in total. The van der Waals surface area contributed by atoms with Gasteiger partial charge >= 0.3 is 5.97 Å². The highest BCUT2D eigenvalue weighted by Gasteiger charge is 2.85. The van der Waals surface area contributed by atoms with Crippen molar-refractivity contribution < 1.29 is 14.6 Å². The van der Waals surface area contributed by atoms with E-state index in [0.717, 1.165) is 43.6 Å². The summed E-state index contributed by atoms with van der Waals surface area (Å²) in [5.74, 6) is 3.62. The second-order valence-corrected chi connectivity index (χ2v) is 12.2. The van der Waals surface area contributed by atoms with E-state index in [-0.39, 0.29) is 23.9 Å². The molecule has 3 nitrogen and oxygen atoms in total. The summed E-state index contributed by atoms with van der Waals surface area (Å²) in [5, 5.41) is 12.4. The monoisotopic (exact) mass is 422 g/mol. The molecule has 168 valence electrons. The van der Waals surface area contributed by atoms with Gasteiger partial charge in [0.1, 0.15) is 17.1 Å². The molecule has 0 spiro atoms. The number of ether oxygens (including phenoxy) is 1. The topological polar surface area (TPSA) is 46.5 Å². The summed E-state index contributed by atoms with van der Waals surface area (Å²) in [7, 11) is 0. The highest BCUT2D eigenvalue weighted by molar-refractivity contribution is 5.83. The molecule has 0 radical (unpaired) electrons. The van der Waals surface area contributed by atoms with Crippen molar-refractivity contribution in [3.05, 3.63) is 35.9 Å². The molecule has 1 aromatic carbocycles. The van der Waals surface area contributed by atoms with Crippen molar-refractivity contribution in [3.8, 4) is 0 Å². The van der Waals surface area contributed by atoms with Crippen molar-refractivity contribution in [1.29, 1.82) is 0 Å². The largest absolute Gasteiger partial charge is 0.462 e. The second-order valence-electron chi connectivity index (χ2n) is 12.2. The van der Waals surface area contributed by atoms with E-state index < -0.39 is 11.0 Å². The lowest BCUT2D eigenvalue weighted by Crippen LogP contribution is -2.82. The SMILES string of the molecule is CC(C)[C@@H]1CC[C@@H](C)C[C@H]1OC(=O)[C@@]12[C@@H]3C[C@H]4C[C@@H](C3)[C@H]([C@@H]1C4)C2(O)c1ccccc1. The molecule has 31 heavy (non-hydrogen) atoms. The standard InChI is InChI=1S/C28H38O3/c1-16(2)22-10-9-17(3)11-24(22)31-26(29)27-21-13-18-12-19(15-21)25(23(27)14-18)28(27,30)20-7-5-4-6-8-20/h4-8,16-19,21-25,30H,9-15H2,1-3H3/t17-,18-,19+,21-,22+,23+,24-,25-,27-,28?/m1/s1. The van der Waals surface area contributed by atoms with E-state index in [0.29, 0.717) is 29.6 Å². The molecular formula is C28H38O3. The molecule has 0 aliphatic heterocycles. The van der Waals surface area contributed by atoms with Crippen LogP contribution in [0.15, 0.2) is 30.3 Å². The molecule has 0 aromatic heterocycles. The molecule has 10 atom stereocenters. The summed E-state index contributed by atoms with van der Waals surface area (Å²) < 4.78 is 6.52. The number of carbonyl (C=O) groups excluding carboxylic acids is 1. The smallest absolute Gasteiger partial charge is 0.316 e. The molecule has 6 bridgehead atoms. The minimum Gasteiger partial charge on any atom is -0.462 e. The first-order valence-electron chi connectivity index (χ1n) is 12.9. The lowest BCUT2D eigenvalue weighted by atomic mass is 9.25. The summed E-state index contributed by atoms with van der Waals surface area (Å²) in [6.07, 6.45) is 7.90. The lowest BCUT2D eigenvalue weighted by Gasteiger charge is -2.78. The highest BCUT2D eigenvalue weighted by atomic mass is 16.5. The van der Waals surface area contributed by atoms with Crippen molar-refractivity contribution >= 4 is 5.97 Å². The lowest BCUT2D eigenvalue weighted by molar-refractivity contribution is -0.369. The van der Waals surface area contributed by atoms with Crippen LogP contribution in [-0.2, 0) is 15.1 Å². The summed E-state index contributed by atoms with van der Waals surface area (Å²) in [4.78, 5) is 14.2. The number of rotatable bonds is 4. The van der Waals surface area contributed by atoms with E-state index in [1.54, 1.807) is 0 Å². The van der Waals surface area contributed by atoms with E-state index in [1.165, 1.54) is 12.8 Å². The first-order valence-corrected chi connectivity index (χ1v) is 12.9. The van der Waals surface area contributed by atoms with Crippen molar-refractivity contribution in [2.24, 2.45) is 52.8 Å². The van der Waals surface area contributed by atoms with Crippen LogP contribution >= 0.6 is 0 Å². The Labute approximate surface area is 187 Å². The van der Waals surface area contributed by atoms with Crippen LogP contribution in [0.5, 0.6) is 0 Å². The predicted molar refractivity (Wildman–Crippen MR) is 120 cm³/mol. The third-order valence-corrected chi connectivity index (χ3v) is 10.5. The van der Waals surface area contributed by atoms with Crippen molar-refractivity contribution in [2.45, 2.75) is 77.4 Å². The van der Waals surface area contributed by atoms with Crippen LogP contribution in [0.4, 0.5) is 0 Å². The van der Waals surface area contributed by atoms with Gasteiger partial charge in [0.2, 0.25) is 0 Å². The number of hydrogen-bond donors (Lipinski definition) is 1. The zero-order valence-electron chi connectivity index (χ0n) is 19.3. The van der Waals surface area contributed by atoms with Gasteiger partial charge in [0.25, 0.3) is 0 Å². The fourth-order valence-corrected chi connectivity index (χ4v) is 9.44. The number of aliphatic hydroxyl groups is 1. The van der Waals surface area contributed by atoms with Gasteiger partial charge < -0.3 is 9.84 Å². The zero-order valence-corrected chi connectivity index (χ0v) is 19.3. The highest BCUT2D eigenvalue weighted by Crippen LogP contribution is 2.81. The van der Waals surface area contributed by atoms with Crippen LogP contribution in [0.3, 0.4) is 0 Å². The minimum absolute atomic E-state index is 0.00175.